The largest absolute Gasteiger partial charge is 0.397 e. The van der Waals surface area contributed by atoms with E-state index in [-0.39, 0.29) is 11.5 Å². The standard InChI is InChI=1S/C13H22N2O/c1-13(2,3)8-10(16)9-15-12-7-5-4-6-11(12)14/h4-7,10,15-16H,8-9,14H2,1-3H3. The zero-order chi connectivity index (χ0) is 12.2. The Morgan fingerprint density at radius 3 is 2.50 bits per heavy atom. The Balaban J connectivity index is 2.43. The first-order valence-corrected chi connectivity index (χ1v) is 5.65. The van der Waals surface area contributed by atoms with Crippen LogP contribution in [0.15, 0.2) is 24.3 Å². The van der Waals surface area contributed by atoms with Gasteiger partial charge in [-0.1, -0.05) is 32.9 Å². The molecule has 1 atom stereocenters. The Morgan fingerprint density at radius 2 is 1.94 bits per heavy atom. The summed E-state index contributed by atoms with van der Waals surface area (Å²) in [7, 11) is 0. The molecule has 0 aliphatic rings. The molecule has 4 N–H and O–H groups in total. The Morgan fingerprint density at radius 1 is 1.31 bits per heavy atom. The summed E-state index contributed by atoms with van der Waals surface area (Å²) >= 11 is 0. The van der Waals surface area contributed by atoms with Crippen molar-refractivity contribution < 1.29 is 5.11 Å². The maximum Gasteiger partial charge on any atom is 0.0717 e. The molecule has 0 fully saturated rings. The molecule has 0 amide bonds. The summed E-state index contributed by atoms with van der Waals surface area (Å²) in [5, 5.41) is 13.0. The van der Waals surface area contributed by atoms with Crippen molar-refractivity contribution in [1.29, 1.82) is 0 Å². The molecule has 3 heteroatoms. The Bertz CT molecular complexity index is 331. The van der Waals surface area contributed by atoms with Gasteiger partial charge in [-0.3, -0.25) is 0 Å². The highest BCUT2D eigenvalue weighted by molar-refractivity contribution is 5.65. The quantitative estimate of drug-likeness (QED) is 0.686. The fraction of sp³-hybridized carbons (Fsp3) is 0.538. The van der Waals surface area contributed by atoms with Gasteiger partial charge in [-0.05, 0) is 24.0 Å². The Labute approximate surface area is 97.7 Å². The Kier molecular flexibility index (Phi) is 4.19. The maximum atomic E-state index is 9.83. The van der Waals surface area contributed by atoms with Crippen LogP contribution in [0.3, 0.4) is 0 Å². The highest BCUT2D eigenvalue weighted by Gasteiger charge is 2.16. The molecule has 0 heterocycles. The molecule has 16 heavy (non-hydrogen) atoms. The lowest BCUT2D eigenvalue weighted by Gasteiger charge is -2.23. The number of hydrogen-bond donors (Lipinski definition) is 3. The van der Waals surface area contributed by atoms with Crippen LogP contribution >= 0.6 is 0 Å². The molecule has 90 valence electrons. The number of nitrogens with one attached hydrogen (secondary N) is 1. The van der Waals surface area contributed by atoms with Gasteiger partial charge in [0.15, 0.2) is 0 Å². The number of nitrogens with two attached hydrogens (primary N) is 1. The fourth-order valence-electron chi connectivity index (χ4n) is 1.66. The van der Waals surface area contributed by atoms with Crippen molar-refractivity contribution in [2.24, 2.45) is 5.41 Å². The van der Waals surface area contributed by atoms with Crippen molar-refractivity contribution >= 4 is 11.4 Å². The van der Waals surface area contributed by atoms with E-state index >= 15 is 0 Å². The fourth-order valence-corrected chi connectivity index (χ4v) is 1.66. The zero-order valence-electron chi connectivity index (χ0n) is 10.3. The molecule has 1 unspecified atom stereocenters. The Hall–Kier alpha value is -1.22. The minimum atomic E-state index is -0.348. The molecule has 0 radical (unpaired) electrons. The molecule has 0 bridgehead atoms. The van der Waals surface area contributed by atoms with Crippen LogP contribution in [0.2, 0.25) is 0 Å². The molecule has 0 aliphatic heterocycles. The molecule has 0 spiro atoms. The SMILES string of the molecule is CC(C)(C)CC(O)CNc1ccccc1N. The van der Waals surface area contributed by atoms with E-state index in [1.165, 1.54) is 0 Å². The summed E-state index contributed by atoms with van der Waals surface area (Å²) in [6, 6.07) is 7.58. The van der Waals surface area contributed by atoms with Crippen molar-refractivity contribution in [3.8, 4) is 0 Å². The smallest absolute Gasteiger partial charge is 0.0717 e. The molecule has 1 aromatic carbocycles. The average molecular weight is 222 g/mol. The first kappa shape index (κ1) is 12.8. The third-order valence-electron chi connectivity index (χ3n) is 2.34. The number of rotatable bonds is 4. The van der Waals surface area contributed by atoms with Crippen LogP contribution in [0.25, 0.3) is 0 Å². The van der Waals surface area contributed by atoms with Gasteiger partial charge in [0.25, 0.3) is 0 Å². The van der Waals surface area contributed by atoms with Gasteiger partial charge in [-0.2, -0.15) is 0 Å². The van der Waals surface area contributed by atoms with Gasteiger partial charge in [0, 0.05) is 6.54 Å². The minimum absolute atomic E-state index is 0.142. The van der Waals surface area contributed by atoms with Crippen LogP contribution in [-0.4, -0.2) is 17.8 Å². The molecule has 1 aromatic rings. The van der Waals surface area contributed by atoms with E-state index in [1.807, 2.05) is 24.3 Å². The molecule has 0 aromatic heterocycles. The lowest BCUT2D eigenvalue weighted by atomic mass is 9.89. The topological polar surface area (TPSA) is 58.3 Å². The first-order valence-electron chi connectivity index (χ1n) is 5.65. The predicted molar refractivity (Wildman–Crippen MR) is 69.4 cm³/mol. The van der Waals surface area contributed by atoms with Crippen molar-refractivity contribution in [2.45, 2.75) is 33.3 Å². The van der Waals surface area contributed by atoms with Gasteiger partial charge in [0.2, 0.25) is 0 Å². The van der Waals surface area contributed by atoms with Gasteiger partial charge in [0.05, 0.1) is 17.5 Å². The van der Waals surface area contributed by atoms with Gasteiger partial charge in [0.1, 0.15) is 0 Å². The summed E-state index contributed by atoms with van der Waals surface area (Å²) in [6.07, 6.45) is 0.423. The third kappa shape index (κ3) is 4.53. The van der Waals surface area contributed by atoms with Crippen LogP contribution < -0.4 is 11.1 Å². The second-order valence-corrected chi connectivity index (χ2v) is 5.39. The van der Waals surface area contributed by atoms with E-state index in [0.29, 0.717) is 12.2 Å². The second-order valence-electron chi connectivity index (χ2n) is 5.39. The molecular weight excluding hydrogens is 200 g/mol. The number of hydrogen-bond acceptors (Lipinski definition) is 3. The highest BCUT2D eigenvalue weighted by atomic mass is 16.3. The molecule has 0 saturated heterocycles. The average Bonchev–Trinajstić information content (AvgIpc) is 2.14. The molecule has 0 aliphatic carbocycles. The number of nitrogen functional groups attached to an aromatic ring is 1. The van der Waals surface area contributed by atoms with Gasteiger partial charge >= 0.3 is 0 Å². The van der Waals surface area contributed by atoms with Gasteiger partial charge in [-0.15, -0.1) is 0 Å². The number of para-hydroxylation sites is 2. The summed E-state index contributed by atoms with van der Waals surface area (Å²) in [6.45, 7) is 6.89. The third-order valence-corrected chi connectivity index (χ3v) is 2.34. The molecule has 1 rings (SSSR count). The van der Waals surface area contributed by atoms with E-state index in [9.17, 15) is 5.11 Å². The zero-order valence-corrected chi connectivity index (χ0v) is 10.3. The molecular formula is C13H22N2O. The van der Waals surface area contributed by atoms with Crippen molar-refractivity contribution in [2.75, 3.05) is 17.6 Å². The maximum absolute atomic E-state index is 9.83. The van der Waals surface area contributed by atoms with E-state index < -0.39 is 0 Å². The van der Waals surface area contributed by atoms with Crippen LogP contribution in [0.1, 0.15) is 27.2 Å². The number of anilines is 2. The molecule has 0 saturated carbocycles. The van der Waals surface area contributed by atoms with E-state index in [4.69, 9.17) is 5.73 Å². The monoisotopic (exact) mass is 222 g/mol. The van der Waals surface area contributed by atoms with Gasteiger partial charge in [-0.25, -0.2) is 0 Å². The van der Waals surface area contributed by atoms with Crippen LogP contribution in [-0.2, 0) is 0 Å². The van der Waals surface area contributed by atoms with Crippen molar-refractivity contribution in [1.82, 2.24) is 0 Å². The summed E-state index contributed by atoms with van der Waals surface area (Å²) in [5.74, 6) is 0. The summed E-state index contributed by atoms with van der Waals surface area (Å²) in [4.78, 5) is 0. The number of aliphatic hydroxyl groups is 1. The normalized spacial score (nSPS) is 13.5. The predicted octanol–water partition coefficient (Wildman–Crippen LogP) is 2.48. The minimum Gasteiger partial charge on any atom is -0.397 e. The van der Waals surface area contributed by atoms with E-state index in [0.717, 1.165) is 12.1 Å². The lowest BCUT2D eigenvalue weighted by Crippen LogP contribution is -2.25. The van der Waals surface area contributed by atoms with E-state index in [2.05, 4.69) is 26.1 Å². The summed E-state index contributed by atoms with van der Waals surface area (Å²) < 4.78 is 0. The number of benzene rings is 1. The second kappa shape index (κ2) is 5.21. The highest BCUT2D eigenvalue weighted by Crippen LogP contribution is 2.22. The number of aliphatic hydroxyl groups excluding tert-OH is 1. The summed E-state index contributed by atoms with van der Waals surface area (Å²) in [5.41, 5.74) is 7.53. The van der Waals surface area contributed by atoms with E-state index in [1.54, 1.807) is 0 Å². The van der Waals surface area contributed by atoms with Crippen LogP contribution in [0.5, 0.6) is 0 Å². The van der Waals surface area contributed by atoms with Crippen LogP contribution in [0, 0.1) is 5.41 Å². The van der Waals surface area contributed by atoms with Crippen molar-refractivity contribution in [3.05, 3.63) is 24.3 Å². The van der Waals surface area contributed by atoms with Gasteiger partial charge < -0.3 is 16.2 Å². The lowest BCUT2D eigenvalue weighted by molar-refractivity contribution is 0.132. The van der Waals surface area contributed by atoms with Crippen LogP contribution in [0.4, 0.5) is 11.4 Å². The molecule has 3 nitrogen and oxygen atoms in total. The first-order chi connectivity index (χ1) is 7.38. The van der Waals surface area contributed by atoms with Crippen molar-refractivity contribution in [3.63, 3.8) is 0 Å².